The van der Waals surface area contributed by atoms with Gasteiger partial charge in [0.25, 0.3) is 0 Å². The predicted octanol–water partition coefficient (Wildman–Crippen LogP) is 5.45. The van der Waals surface area contributed by atoms with Crippen molar-refractivity contribution in [3.8, 4) is 16.9 Å². The van der Waals surface area contributed by atoms with Gasteiger partial charge in [-0.1, -0.05) is 23.7 Å². The van der Waals surface area contributed by atoms with E-state index in [1.54, 1.807) is 36.7 Å². The number of carbonyl (C=O) groups excluding carboxylic acids is 1. The highest BCUT2D eigenvalue weighted by molar-refractivity contribution is 6.31. The molecule has 0 unspecified atom stereocenters. The van der Waals surface area contributed by atoms with E-state index in [1.807, 2.05) is 0 Å². The molecule has 1 aromatic heterocycles. The number of hydrogen-bond acceptors (Lipinski definition) is 4. The van der Waals surface area contributed by atoms with Crippen LogP contribution >= 0.6 is 11.6 Å². The lowest BCUT2D eigenvalue weighted by Crippen LogP contribution is -2.29. The van der Waals surface area contributed by atoms with E-state index in [1.165, 1.54) is 24.3 Å². The average molecular weight is 408 g/mol. The van der Waals surface area contributed by atoms with Crippen molar-refractivity contribution in [1.29, 1.82) is 0 Å². The van der Waals surface area contributed by atoms with Crippen LogP contribution in [0, 0.1) is 0 Å². The van der Waals surface area contributed by atoms with Gasteiger partial charge in [0.15, 0.2) is 0 Å². The summed E-state index contributed by atoms with van der Waals surface area (Å²) in [4.78, 5) is 21.3. The second kappa shape index (κ2) is 7.85. The molecule has 0 atom stereocenters. The quantitative estimate of drug-likeness (QED) is 0.579. The van der Waals surface area contributed by atoms with Crippen molar-refractivity contribution in [2.24, 2.45) is 0 Å². The summed E-state index contributed by atoms with van der Waals surface area (Å²) in [5.41, 5.74) is 1.07. The number of halogens is 4. The molecule has 0 radical (unpaired) electrons. The van der Waals surface area contributed by atoms with Crippen molar-refractivity contribution in [3.63, 3.8) is 0 Å². The Labute approximate surface area is 163 Å². The van der Waals surface area contributed by atoms with Crippen molar-refractivity contribution >= 4 is 23.4 Å². The van der Waals surface area contributed by atoms with Gasteiger partial charge >= 0.3 is 12.3 Å². The Kier molecular flexibility index (Phi) is 5.51. The molecule has 0 spiro atoms. The van der Waals surface area contributed by atoms with Gasteiger partial charge in [-0.05, 0) is 35.9 Å². The summed E-state index contributed by atoms with van der Waals surface area (Å²) >= 11 is 5.56. The second-order valence-electron chi connectivity index (χ2n) is 5.74. The molecule has 0 aliphatic rings. The highest BCUT2D eigenvalue weighted by Gasteiger charge is 2.33. The van der Waals surface area contributed by atoms with Gasteiger partial charge in [-0.2, -0.15) is 13.2 Å². The Balaban J connectivity index is 1.75. The number of hydrogen-bond donors (Lipinski definition) is 0. The Morgan fingerprint density at radius 2 is 1.68 bits per heavy atom. The topological polar surface area (TPSA) is 55.3 Å². The van der Waals surface area contributed by atoms with Crippen LogP contribution in [-0.4, -0.2) is 23.1 Å². The number of anilines is 1. The zero-order valence-electron chi connectivity index (χ0n) is 14.4. The van der Waals surface area contributed by atoms with Gasteiger partial charge < -0.3 is 4.74 Å². The number of amides is 1. The van der Waals surface area contributed by atoms with E-state index in [2.05, 4.69) is 9.97 Å². The van der Waals surface area contributed by atoms with Crippen LogP contribution in [0.5, 0.6) is 5.75 Å². The standard InChI is InChI=1S/C19H13ClF3N3O2/c1-26(14-4-2-12(3-5-14)13-9-24-11-25-10-13)18(27)28-15-6-7-17(20)16(8-15)19(21,22)23/h2-11H,1H3. The van der Waals surface area contributed by atoms with Crippen LogP contribution in [0.1, 0.15) is 5.56 Å². The molecule has 0 N–H and O–H groups in total. The van der Waals surface area contributed by atoms with E-state index in [-0.39, 0.29) is 5.75 Å². The smallest absolute Gasteiger partial charge is 0.410 e. The lowest BCUT2D eigenvalue weighted by Gasteiger charge is -2.18. The number of nitrogens with zero attached hydrogens (tertiary/aromatic N) is 3. The van der Waals surface area contributed by atoms with Crippen LogP contribution in [0.4, 0.5) is 23.7 Å². The second-order valence-corrected chi connectivity index (χ2v) is 6.15. The largest absolute Gasteiger partial charge is 0.419 e. The van der Waals surface area contributed by atoms with Gasteiger partial charge in [-0.15, -0.1) is 0 Å². The minimum atomic E-state index is -4.65. The van der Waals surface area contributed by atoms with E-state index in [0.717, 1.165) is 17.2 Å². The molecule has 0 fully saturated rings. The van der Waals surface area contributed by atoms with Crippen LogP contribution in [0.15, 0.2) is 61.2 Å². The van der Waals surface area contributed by atoms with Gasteiger partial charge in [-0.3, -0.25) is 4.90 Å². The number of aromatic nitrogens is 2. The molecule has 3 rings (SSSR count). The van der Waals surface area contributed by atoms with Crippen LogP contribution in [0.25, 0.3) is 11.1 Å². The number of ether oxygens (including phenoxy) is 1. The highest BCUT2D eigenvalue weighted by atomic mass is 35.5. The van der Waals surface area contributed by atoms with Gasteiger partial charge in [0.2, 0.25) is 0 Å². The summed E-state index contributed by atoms with van der Waals surface area (Å²) in [6, 6.07) is 9.79. The molecule has 0 aliphatic carbocycles. The normalized spacial score (nSPS) is 11.2. The number of carbonyl (C=O) groups is 1. The maximum atomic E-state index is 12.9. The van der Waals surface area contributed by atoms with Gasteiger partial charge in [0, 0.05) is 30.7 Å². The summed E-state index contributed by atoms with van der Waals surface area (Å²) < 4.78 is 43.8. The molecule has 3 aromatic rings. The molecular weight excluding hydrogens is 395 g/mol. The van der Waals surface area contributed by atoms with Gasteiger partial charge in [0.1, 0.15) is 12.1 Å². The molecule has 144 valence electrons. The molecule has 0 aliphatic heterocycles. The molecular formula is C19H13ClF3N3O2. The Hall–Kier alpha value is -3.13. The Morgan fingerprint density at radius 1 is 1.04 bits per heavy atom. The molecule has 5 nitrogen and oxygen atoms in total. The first-order chi connectivity index (χ1) is 13.3. The SMILES string of the molecule is CN(C(=O)Oc1ccc(Cl)c(C(F)(F)F)c1)c1ccc(-c2cncnc2)cc1. The third kappa shape index (κ3) is 4.40. The first-order valence-corrected chi connectivity index (χ1v) is 8.31. The predicted molar refractivity (Wildman–Crippen MR) is 98.3 cm³/mol. The summed E-state index contributed by atoms with van der Waals surface area (Å²) in [7, 11) is 1.45. The monoisotopic (exact) mass is 407 g/mol. The number of benzene rings is 2. The van der Waals surface area contributed by atoms with Crippen molar-refractivity contribution < 1.29 is 22.7 Å². The van der Waals surface area contributed by atoms with Crippen molar-refractivity contribution in [2.75, 3.05) is 11.9 Å². The summed E-state index contributed by atoms with van der Waals surface area (Å²) in [5, 5.41) is -0.471. The fourth-order valence-corrected chi connectivity index (χ4v) is 2.61. The number of rotatable bonds is 3. The van der Waals surface area contributed by atoms with Crippen LogP contribution in [0.2, 0.25) is 5.02 Å². The highest BCUT2D eigenvalue weighted by Crippen LogP contribution is 2.36. The number of alkyl halides is 3. The first-order valence-electron chi connectivity index (χ1n) is 7.93. The van der Waals surface area contributed by atoms with E-state index >= 15 is 0 Å². The fraction of sp³-hybridized carbons (Fsp3) is 0.105. The zero-order chi connectivity index (χ0) is 20.3. The van der Waals surface area contributed by atoms with E-state index in [0.29, 0.717) is 11.8 Å². The molecule has 0 saturated carbocycles. The molecule has 1 amide bonds. The van der Waals surface area contributed by atoms with E-state index < -0.39 is 22.9 Å². The fourth-order valence-electron chi connectivity index (χ4n) is 2.39. The summed E-state index contributed by atoms with van der Waals surface area (Å²) in [5.74, 6) is -0.258. The van der Waals surface area contributed by atoms with Crippen LogP contribution in [0.3, 0.4) is 0 Å². The van der Waals surface area contributed by atoms with Crippen molar-refractivity contribution in [2.45, 2.75) is 6.18 Å². The first kappa shape index (κ1) is 19.6. The maximum absolute atomic E-state index is 12.9. The van der Waals surface area contributed by atoms with Crippen molar-refractivity contribution in [3.05, 3.63) is 71.8 Å². The van der Waals surface area contributed by atoms with Gasteiger partial charge in [-0.25, -0.2) is 14.8 Å². The lowest BCUT2D eigenvalue weighted by molar-refractivity contribution is -0.137. The van der Waals surface area contributed by atoms with Crippen LogP contribution < -0.4 is 9.64 Å². The summed E-state index contributed by atoms with van der Waals surface area (Å²) in [6.45, 7) is 0. The molecule has 28 heavy (non-hydrogen) atoms. The third-order valence-corrected chi connectivity index (χ3v) is 4.20. The lowest BCUT2D eigenvalue weighted by atomic mass is 10.1. The minimum absolute atomic E-state index is 0.258. The molecule has 0 bridgehead atoms. The maximum Gasteiger partial charge on any atom is 0.419 e. The van der Waals surface area contributed by atoms with E-state index in [4.69, 9.17) is 16.3 Å². The zero-order valence-corrected chi connectivity index (χ0v) is 15.2. The summed E-state index contributed by atoms with van der Waals surface area (Å²) in [6.07, 6.45) is -0.770. The third-order valence-electron chi connectivity index (χ3n) is 3.87. The molecule has 9 heteroatoms. The van der Waals surface area contributed by atoms with Crippen LogP contribution in [-0.2, 0) is 6.18 Å². The van der Waals surface area contributed by atoms with Crippen molar-refractivity contribution in [1.82, 2.24) is 9.97 Å². The Morgan fingerprint density at radius 3 is 2.29 bits per heavy atom. The minimum Gasteiger partial charge on any atom is -0.410 e. The Bertz CT molecular complexity index is 980. The molecule has 0 saturated heterocycles. The molecule has 1 heterocycles. The van der Waals surface area contributed by atoms with Gasteiger partial charge in [0.05, 0.1) is 10.6 Å². The average Bonchev–Trinajstić information content (AvgIpc) is 2.69. The van der Waals surface area contributed by atoms with E-state index in [9.17, 15) is 18.0 Å². The molecule has 2 aromatic carbocycles.